The van der Waals surface area contributed by atoms with Crippen LogP contribution in [0.4, 0.5) is 0 Å². The van der Waals surface area contributed by atoms with Gasteiger partial charge < -0.3 is 27.5 Å². The van der Waals surface area contributed by atoms with Crippen LogP contribution in [0.15, 0.2) is 30.3 Å². The largest absolute Gasteiger partial charge is 2.00 e. The molecule has 1 rings (SSSR count). The average molecular weight is 536 g/mol. The smallest absolute Gasteiger partial charge is 0.577 e. The van der Waals surface area contributed by atoms with Crippen LogP contribution in [0, 0.1) is 12.3 Å². The molecule has 0 bridgehead atoms. The van der Waals surface area contributed by atoms with Crippen molar-refractivity contribution in [2.75, 3.05) is 0 Å². The Hall–Kier alpha value is -0.333. The molecule has 0 radical (unpaired) electrons. The van der Waals surface area contributed by atoms with Gasteiger partial charge in [-0.3, -0.25) is 13.6 Å². The van der Waals surface area contributed by atoms with E-state index < -0.39 is 0 Å². The molecule has 0 aliphatic carbocycles. The van der Waals surface area contributed by atoms with Crippen LogP contribution in [0.5, 0.6) is 0 Å². The number of carbonyl (C=O) groups excluding carboxylic acids is 2. The fourth-order valence-corrected chi connectivity index (χ4v) is 0.321. The Morgan fingerprint density at radius 2 is 1.14 bits per heavy atom. The summed E-state index contributed by atoms with van der Waals surface area (Å²) in [5.74, 6) is 0. The van der Waals surface area contributed by atoms with Crippen LogP contribution >= 0.6 is 0 Å². The molecule has 0 unspecified atom stereocenters. The van der Waals surface area contributed by atoms with E-state index in [0.29, 0.717) is 0 Å². The minimum atomic E-state index is 0. The van der Waals surface area contributed by atoms with Crippen LogP contribution in [0.25, 0.3) is 5.59 Å². The van der Waals surface area contributed by atoms with Crippen LogP contribution in [0.1, 0.15) is 0 Å². The number of nitrogens with zero attached hydrogens (tertiary/aromatic N) is 1. The van der Waals surface area contributed by atoms with E-state index in [9.17, 15) is 0 Å². The third-order valence-electron chi connectivity index (χ3n) is 0.556. The summed E-state index contributed by atoms with van der Waals surface area (Å²) in [7, 11) is 0. The van der Waals surface area contributed by atoms with Crippen molar-refractivity contribution in [2.45, 2.75) is 0 Å². The molecule has 0 amide bonds. The van der Waals surface area contributed by atoms with Crippen molar-refractivity contribution in [3.8, 4) is 0 Å². The Kier molecular flexibility index (Phi) is 211. The number of hydrogen-bond donors (Lipinski definition) is 0. The zero-order valence-electron chi connectivity index (χ0n) is 7.53. The number of rotatable bonds is 0. The summed E-state index contributed by atoms with van der Waals surface area (Å²) in [6, 6.07) is 10.0. The molecule has 0 heterocycles. The standard InChI is InChI=1S/C5H5.2CHO.CH3.NO.2W/c1-2-4-5-3-1;2*1-2;;1-2;;/h1-5H;2*1H;1H3;;;/q5*-1;;+2. The zero-order valence-corrected chi connectivity index (χ0v) is 13.4. The van der Waals surface area contributed by atoms with E-state index in [1.165, 1.54) is 0 Å². The first-order valence-corrected chi connectivity index (χ1v) is 2.32. The van der Waals surface area contributed by atoms with E-state index in [0.717, 1.165) is 0 Å². The van der Waals surface area contributed by atoms with Crippen molar-refractivity contribution < 1.29 is 51.7 Å². The second-order valence-corrected chi connectivity index (χ2v) is 0.962. The van der Waals surface area contributed by atoms with Crippen LogP contribution in [-0.4, -0.2) is 13.6 Å². The van der Waals surface area contributed by atoms with Crippen molar-refractivity contribution >= 4 is 13.6 Å². The monoisotopic (exact) mass is 536 g/mol. The predicted molar refractivity (Wildman–Crippen MR) is 48.7 cm³/mol. The molecule has 0 atom stereocenters. The maximum absolute atomic E-state index is 7.75. The summed E-state index contributed by atoms with van der Waals surface area (Å²) in [6.45, 7) is 6.50. The molecular weight excluding hydrogens is 526 g/mol. The van der Waals surface area contributed by atoms with Crippen LogP contribution in [0.2, 0.25) is 0 Å². The summed E-state index contributed by atoms with van der Waals surface area (Å²) in [5, 5.41) is 0. The van der Waals surface area contributed by atoms with Gasteiger partial charge in [0.15, 0.2) is 0 Å². The topological polar surface area (TPSA) is 73.5 Å². The normalized spacial score (nSPS) is 3.71. The van der Waals surface area contributed by atoms with Gasteiger partial charge in [0.2, 0.25) is 0 Å². The first-order valence-electron chi connectivity index (χ1n) is 2.32. The van der Waals surface area contributed by atoms with Gasteiger partial charge in [0.25, 0.3) is 0 Å². The summed E-state index contributed by atoms with van der Waals surface area (Å²) in [5.41, 5.74) is 5.75. The third-order valence-corrected chi connectivity index (χ3v) is 0.556. The fourth-order valence-electron chi connectivity index (χ4n) is 0.321. The fraction of sp³-hybridized carbons (Fsp3) is 0. The van der Waals surface area contributed by atoms with Crippen LogP contribution in [0.3, 0.4) is 0 Å². The maximum atomic E-state index is 7.75. The molecule has 0 N–H and O–H groups in total. The molecule has 6 heteroatoms. The van der Waals surface area contributed by atoms with Crippen molar-refractivity contribution in [2.24, 2.45) is 0 Å². The first kappa shape index (κ1) is 37.3. The van der Waals surface area contributed by atoms with Crippen LogP contribution in [-0.2, 0) is 51.7 Å². The van der Waals surface area contributed by atoms with Crippen molar-refractivity contribution in [3.05, 3.63) is 48.3 Å². The van der Waals surface area contributed by atoms with Gasteiger partial charge in [-0.05, 0) is 0 Å². The Morgan fingerprint density at radius 3 is 1.21 bits per heavy atom. The van der Waals surface area contributed by atoms with E-state index in [2.05, 4.69) is 13.6 Å². The van der Waals surface area contributed by atoms with Crippen molar-refractivity contribution in [1.82, 2.24) is 0 Å². The van der Waals surface area contributed by atoms with E-state index in [1.54, 1.807) is 0 Å². The molecule has 0 saturated heterocycles. The van der Waals surface area contributed by atoms with Gasteiger partial charge in [0, 0.05) is 21.1 Å². The molecule has 1 aromatic carbocycles. The second kappa shape index (κ2) is 79.2. The van der Waals surface area contributed by atoms with Gasteiger partial charge in [0.1, 0.15) is 0 Å². The van der Waals surface area contributed by atoms with Gasteiger partial charge in [-0.2, -0.15) is 18.2 Å². The molecule has 0 saturated carbocycles. The number of hydrogen-bond acceptors (Lipinski definition) is 3. The van der Waals surface area contributed by atoms with Gasteiger partial charge in [0.05, 0.1) is 0 Å². The van der Waals surface area contributed by atoms with E-state index in [-0.39, 0.29) is 49.6 Å². The Bertz CT molecular complexity index is 106. The molecule has 0 fully saturated rings. The molecule has 1 aromatic rings. The number of nitroso groups, excluding NO2 is 1. The van der Waals surface area contributed by atoms with Crippen molar-refractivity contribution in [3.63, 3.8) is 0 Å². The molecule has 0 spiro atoms. The Labute approximate surface area is 113 Å². The summed E-state index contributed by atoms with van der Waals surface area (Å²) in [4.78, 5) is 22.8. The van der Waals surface area contributed by atoms with Gasteiger partial charge in [-0.1, -0.05) is 0 Å². The molecular formula is C8H10NO3W2-3. The Morgan fingerprint density at radius 1 is 0.929 bits per heavy atom. The summed E-state index contributed by atoms with van der Waals surface area (Å²) in [6.07, 6.45) is 0. The zero-order chi connectivity index (χ0) is 9.54. The van der Waals surface area contributed by atoms with E-state index >= 15 is 0 Å². The summed E-state index contributed by atoms with van der Waals surface area (Å²) >= 11 is 0. The van der Waals surface area contributed by atoms with Gasteiger partial charge in [-0.15, -0.1) is 0 Å². The van der Waals surface area contributed by atoms with Crippen LogP contribution < -0.4 is 0 Å². The molecule has 0 aromatic heterocycles. The predicted octanol–water partition coefficient (Wildman–Crippen LogP) is 1.62. The van der Waals surface area contributed by atoms with E-state index in [4.69, 9.17) is 20.1 Å². The first-order chi connectivity index (χ1) is 5.50. The quantitative estimate of drug-likeness (QED) is 0.374. The molecule has 0 aliphatic rings. The minimum absolute atomic E-state index is 0. The van der Waals surface area contributed by atoms with Gasteiger partial charge >= 0.3 is 21.1 Å². The van der Waals surface area contributed by atoms with Gasteiger partial charge in [-0.25, -0.2) is 12.1 Å². The second-order valence-electron chi connectivity index (χ2n) is 0.962. The third kappa shape index (κ3) is 61.0. The molecule has 4 nitrogen and oxygen atoms in total. The van der Waals surface area contributed by atoms with Crippen molar-refractivity contribution in [1.29, 1.82) is 0 Å². The Balaban J connectivity index is -0.0000000161. The summed E-state index contributed by atoms with van der Waals surface area (Å²) < 4.78 is 0. The SMILES string of the molecule is [CH-]=O.[CH-]=O.[CH3-].[N-]=O.[W+2].[W].c1cc[cH-]c1. The molecule has 0 aliphatic heterocycles. The average Bonchev–Trinajstić information content (AvgIpc) is 2.71. The minimum Gasteiger partial charge on any atom is -0.577 e. The maximum Gasteiger partial charge on any atom is 2.00 e. The molecule has 14 heavy (non-hydrogen) atoms. The van der Waals surface area contributed by atoms with E-state index in [1.807, 2.05) is 30.3 Å². The molecule has 80 valence electrons.